The van der Waals surface area contributed by atoms with Gasteiger partial charge in [-0.2, -0.15) is 5.10 Å². The van der Waals surface area contributed by atoms with E-state index in [0.29, 0.717) is 13.1 Å². The molecule has 1 fully saturated rings. The van der Waals surface area contributed by atoms with Crippen molar-refractivity contribution in [3.8, 4) is 5.69 Å². The van der Waals surface area contributed by atoms with E-state index >= 15 is 0 Å². The zero-order valence-electron chi connectivity index (χ0n) is 17.3. The third-order valence-electron chi connectivity index (χ3n) is 5.41. The van der Waals surface area contributed by atoms with Crippen molar-refractivity contribution < 1.29 is 9.59 Å². The summed E-state index contributed by atoms with van der Waals surface area (Å²) in [5.74, 6) is -0.117. The van der Waals surface area contributed by atoms with Crippen LogP contribution in [0.15, 0.2) is 48.8 Å². The van der Waals surface area contributed by atoms with Crippen molar-refractivity contribution in [1.29, 1.82) is 0 Å². The number of carbonyl (C=O) groups excluding carboxylic acids is 2. The Balaban J connectivity index is 1.60. The minimum absolute atomic E-state index is 0.0592. The minimum Gasteiger partial charge on any atom is -0.356 e. The largest absolute Gasteiger partial charge is 0.356 e. The van der Waals surface area contributed by atoms with Gasteiger partial charge in [-0.1, -0.05) is 31.5 Å². The maximum absolute atomic E-state index is 12.8. The van der Waals surface area contributed by atoms with Crippen LogP contribution >= 0.6 is 0 Å². The highest BCUT2D eigenvalue weighted by molar-refractivity contribution is 5.92. The number of likely N-dealkylation sites (tertiary alicyclic amines) is 1. The molecule has 2 amide bonds. The third kappa shape index (κ3) is 5.56. The number of amides is 2. The van der Waals surface area contributed by atoms with Crippen LogP contribution in [0, 0.1) is 5.92 Å². The quantitative estimate of drug-likeness (QED) is 0.578. The van der Waals surface area contributed by atoms with E-state index in [1.54, 1.807) is 23.0 Å². The van der Waals surface area contributed by atoms with Crippen LogP contribution < -0.4 is 5.32 Å². The summed E-state index contributed by atoms with van der Waals surface area (Å²) in [5, 5.41) is 7.35. The fraction of sp³-hybridized carbons (Fsp3) is 0.435. The molecule has 1 N–H and O–H groups in total. The molecule has 2 heterocycles. The van der Waals surface area contributed by atoms with Crippen LogP contribution in [0.25, 0.3) is 11.8 Å². The van der Waals surface area contributed by atoms with Crippen LogP contribution in [0.1, 0.15) is 45.1 Å². The van der Waals surface area contributed by atoms with E-state index in [4.69, 9.17) is 0 Å². The number of unbranched alkanes of at least 4 members (excludes halogenated alkanes) is 1. The molecule has 1 saturated heterocycles. The number of aromatic nitrogens is 2. The van der Waals surface area contributed by atoms with Crippen molar-refractivity contribution in [3.63, 3.8) is 0 Å². The lowest BCUT2D eigenvalue weighted by Crippen LogP contribution is -2.49. The van der Waals surface area contributed by atoms with Crippen LogP contribution in [0.4, 0.5) is 0 Å². The topological polar surface area (TPSA) is 67.2 Å². The first-order valence-corrected chi connectivity index (χ1v) is 10.4. The van der Waals surface area contributed by atoms with Gasteiger partial charge in [-0.05, 0) is 44.4 Å². The van der Waals surface area contributed by atoms with E-state index in [1.807, 2.05) is 48.4 Å². The smallest absolute Gasteiger partial charge is 0.246 e. The number of hydrogen-bond acceptors (Lipinski definition) is 3. The Bertz CT molecular complexity index is 844. The highest BCUT2D eigenvalue weighted by Crippen LogP contribution is 2.22. The molecule has 154 valence electrons. The van der Waals surface area contributed by atoms with Gasteiger partial charge in [-0.15, -0.1) is 0 Å². The number of nitrogens with zero attached hydrogens (tertiary/aromatic N) is 3. The zero-order chi connectivity index (χ0) is 20.6. The lowest BCUT2D eigenvalue weighted by molar-refractivity contribution is -0.134. The molecule has 2 atom stereocenters. The second-order valence-electron chi connectivity index (χ2n) is 7.65. The summed E-state index contributed by atoms with van der Waals surface area (Å²) in [6.07, 6.45) is 10.7. The van der Waals surface area contributed by atoms with Gasteiger partial charge in [0.05, 0.1) is 17.8 Å². The second-order valence-corrected chi connectivity index (χ2v) is 7.65. The molecule has 1 aromatic heterocycles. The molecule has 6 nitrogen and oxygen atoms in total. The molecule has 0 spiro atoms. The summed E-state index contributed by atoms with van der Waals surface area (Å²) < 4.78 is 1.78. The normalized spacial score (nSPS) is 19.4. The predicted octanol–water partition coefficient (Wildman–Crippen LogP) is 3.43. The monoisotopic (exact) mass is 394 g/mol. The van der Waals surface area contributed by atoms with E-state index in [9.17, 15) is 9.59 Å². The van der Waals surface area contributed by atoms with Gasteiger partial charge < -0.3 is 10.2 Å². The number of hydrogen-bond donors (Lipinski definition) is 1. The predicted molar refractivity (Wildman–Crippen MR) is 114 cm³/mol. The van der Waals surface area contributed by atoms with Crippen LogP contribution in [0.2, 0.25) is 0 Å². The average molecular weight is 395 g/mol. The van der Waals surface area contributed by atoms with Crippen molar-refractivity contribution >= 4 is 17.9 Å². The van der Waals surface area contributed by atoms with Crippen LogP contribution in [0.5, 0.6) is 0 Å². The molecule has 0 aliphatic carbocycles. The summed E-state index contributed by atoms with van der Waals surface area (Å²) in [7, 11) is 0. The van der Waals surface area contributed by atoms with Crippen LogP contribution in [0.3, 0.4) is 0 Å². The first kappa shape index (κ1) is 20.8. The Hall–Kier alpha value is -2.89. The number of piperidine rings is 1. The van der Waals surface area contributed by atoms with Gasteiger partial charge in [0.15, 0.2) is 0 Å². The summed E-state index contributed by atoms with van der Waals surface area (Å²) in [6, 6.07) is 9.98. The van der Waals surface area contributed by atoms with Gasteiger partial charge in [0.2, 0.25) is 11.8 Å². The number of para-hydroxylation sites is 1. The van der Waals surface area contributed by atoms with E-state index in [1.165, 1.54) is 0 Å². The SMILES string of the molecule is CCCCNC(=O)C1CCC(C)N(C(=O)/C=C/c2cnn(-c3ccccc3)c2)C1. The Labute approximate surface area is 172 Å². The fourth-order valence-electron chi connectivity index (χ4n) is 3.57. The molecule has 1 aromatic carbocycles. The van der Waals surface area contributed by atoms with Crippen LogP contribution in [-0.4, -0.2) is 45.6 Å². The van der Waals surface area contributed by atoms with E-state index in [2.05, 4.69) is 17.3 Å². The maximum atomic E-state index is 12.8. The van der Waals surface area contributed by atoms with Crippen molar-refractivity contribution in [2.75, 3.05) is 13.1 Å². The lowest BCUT2D eigenvalue weighted by atomic mass is 9.92. The van der Waals surface area contributed by atoms with E-state index in [-0.39, 0.29) is 23.8 Å². The summed E-state index contributed by atoms with van der Waals surface area (Å²) in [6.45, 7) is 5.33. The minimum atomic E-state index is -0.124. The maximum Gasteiger partial charge on any atom is 0.246 e. The van der Waals surface area contributed by atoms with Crippen molar-refractivity contribution in [3.05, 3.63) is 54.4 Å². The van der Waals surface area contributed by atoms with Crippen molar-refractivity contribution in [2.24, 2.45) is 5.92 Å². The molecule has 2 unspecified atom stereocenters. The zero-order valence-corrected chi connectivity index (χ0v) is 17.3. The van der Waals surface area contributed by atoms with Gasteiger partial charge in [0.1, 0.15) is 0 Å². The molecule has 3 rings (SSSR count). The molecule has 29 heavy (non-hydrogen) atoms. The third-order valence-corrected chi connectivity index (χ3v) is 5.41. The Morgan fingerprint density at radius 1 is 1.24 bits per heavy atom. The molecular formula is C23H30N4O2. The average Bonchev–Trinajstić information content (AvgIpc) is 3.22. The molecular weight excluding hydrogens is 364 g/mol. The second kappa shape index (κ2) is 10.0. The molecule has 6 heteroatoms. The van der Waals surface area contributed by atoms with Gasteiger partial charge >= 0.3 is 0 Å². The first-order valence-electron chi connectivity index (χ1n) is 10.4. The molecule has 0 bridgehead atoms. The van der Waals surface area contributed by atoms with Gasteiger partial charge in [0, 0.05) is 37.0 Å². The Morgan fingerprint density at radius 3 is 2.79 bits per heavy atom. The first-order chi connectivity index (χ1) is 14.1. The molecule has 0 radical (unpaired) electrons. The van der Waals surface area contributed by atoms with Crippen molar-refractivity contribution in [1.82, 2.24) is 20.0 Å². The van der Waals surface area contributed by atoms with Gasteiger partial charge in [-0.3, -0.25) is 9.59 Å². The highest BCUT2D eigenvalue weighted by atomic mass is 16.2. The number of nitrogens with one attached hydrogen (secondary N) is 1. The Kier molecular flexibility index (Phi) is 7.22. The standard InChI is InChI=1S/C23H30N4O2/c1-3-4-14-24-23(29)20-12-10-18(2)26(17-20)22(28)13-11-19-15-25-27(16-19)21-8-6-5-7-9-21/h5-9,11,13,15-16,18,20H,3-4,10,12,14,17H2,1-2H3,(H,24,29)/b13-11+. The van der Waals surface area contributed by atoms with Gasteiger partial charge in [0.25, 0.3) is 0 Å². The summed E-state index contributed by atoms with van der Waals surface area (Å²) >= 11 is 0. The van der Waals surface area contributed by atoms with Crippen molar-refractivity contribution in [2.45, 2.75) is 45.6 Å². The lowest BCUT2D eigenvalue weighted by Gasteiger charge is -2.36. The summed E-state index contributed by atoms with van der Waals surface area (Å²) in [4.78, 5) is 27.0. The highest BCUT2D eigenvalue weighted by Gasteiger charge is 2.31. The fourth-order valence-corrected chi connectivity index (χ4v) is 3.57. The van der Waals surface area contributed by atoms with Crippen LogP contribution in [-0.2, 0) is 9.59 Å². The van der Waals surface area contributed by atoms with E-state index in [0.717, 1.165) is 36.9 Å². The number of carbonyl (C=O) groups is 2. The molecule has 0 saturated carbocycles. The van der Waals surface area contributed by atoms with Gasteiger partial charge in [-0.25, -0.2) is 4.68 Å². The Morgan fingerprint density at radius 2 is 2.03 bits per heavy atom. The molecule has 2 aromatic rings. The number of rotatable bonds is 7. The molecule has 1 aliphatic heterocycles. The molecule has 1 aliphatic rings. The number of benzene rings is 1. The summed E-state index contributed by atoms with van der Waals surface area (Å²) in [5.41, 5.74) is 1.83. The van der Waals surface area contributed by atoms with E-state index < -0.39 is 0 Å².